The van der Waals surface area contributed by atoms with Gasteiger partial charge in [0.05, 0.1) is 19.6 Å². The molecule has 2 aromatic rings. The van der Waals surface area contributed by atoms with Crippen LogP contribution in [0.4, 0.5) is 5.69 Å². The van der Waals surface area contributed by atoms with Crippen LogP contribution < -0.4 is 10.1 Å². The number of fused-ring (bicyclic) bond motifs is 1. The summed E-state index contributed by atoms with van der Waals surface area (Å²) in [7, 11) is 0. The molecule has 0 aromatic heterocycles. The molecule has 1 N–H and O–H groups in total. The summed E-state index contributed by atoms with van der Waals surface area (Å²) in [5.74, 6) is 0.0457. The van der Waals surface area contributed by atoms with Crippen molar-refractivity contribution in [2.45, 2.75) is 32.5 Å². The van der Waals surface area contributed by atoms with Gasteiger partial charge in [-0.05, 0) is 38.1 Å². The van der Waals surface area contributed by atoms with Crippen molar-refractivity contribution in [2.75, 3.05) is 18.5 Å². The third-order valence-electron chi connectivity index (χ3n) is 4.56. The van der Waals surface area contributed by atoms with E-state index in [4.69, 9.17) is 38.0 Å². The van der Waals surface area contributed by atoms with E-state index in [2.05, 4.69) is 11.4 Å². The molecule has 3 rings (SSSR count). The first kappa shape index (κ1) is 22.0. The molecule has 156 valence electrons. The maximum atomic E-state index is 12.1. The molecule has 30 heavy (non-hydrogen) atoms. The second kappa shape index (κ2) is 9.90. The number of halogens is 1. The Morgan fingerprint density at radius 3 is 2.77 bits per heavy atom. The lowest BCUT2D eigenvalue weighted by molar-refractivity contribution is -0.145. The van der Waals surface area contributed by atoms with Crippen LogP contribution in [-0.4, -0.2) is 30.3 Å². The fourth-order valence-corrected chi connectivity index (χ4v) is 3.72. The zero-order valence-electron chi connectivity index (χ0n) is 16.6. The smallest absolute Gasteiger partial charge is 0.308 e. The van der Waals surface area contributed by atoms with Crippen molar-refractivity contribution >= 4 is 40.5 Å². The molecule has 1 aliphatic rings. The van der Waals surface area contributed by atoms with Gasteiger partial charge in [-0.15, -0.1) is 0 Å². The first-order valence-corrected chi connectivity index (χ1v) is 10.3. The zero-order chi connectivity index (χ0) is 21.7. The molecule has 0 bridgehead atoms. The van der Waals surface area contributed by atoms with Crippen molar-refractivity contribution in [2.24, 2.45) is 0 Å². The number of anilines is 1. The number of thiocarbonyl (C=S) groups is 1. The van der Waals surface area contributed by atoms with E-state index in [1.165, 1.54) is 0 Å². The van der Waals surface area contributed by atoms with Crippen molar-refractivity contribution in [1.29, 1.82) is 5.26 Å². The SMILES string of the molecule is CCOC(=O)C[C@H]1O[C@H](c2cccc(OCC)c2C#N)c2cc(Cl)ccc2NC1=S. The van der Waals surface area contributed by atoms with Gasteiger partial charge in [-0.1, -0.05) is 36.0 Å². The molecule has 2 atom stereocenters. The average Bonchev–Trinajstić information content (AvgIpc) is 2.85. The molecule has 0 radical (unpaired) electrons. The molecular formula is C22H21ClN2O4S. The monoisotopic (exact) mass is 444 g/mol. The lowest BCUT2D eigenvalue weighted by atomic mass is 9.95. The van der Waals surface area contributed by atoms with Crippen LogP contribution in [0.3, 0.4) is 0 Å². The summed E-state index contributed by atoms with van der Waals surface area (Å²) in [6, 6.07) is 12.8. The Hall–Kier alpha value is -2.66. The van der Waals surface area contributed by atoms with E-state index in [0.717, 1.165) is 0 Å². The number of hydrogen-bond donors (Lipinski definition) is 1. The third-order valence-corrected chi connectivity index (χ3v) is 5.16. The standard InChI is InChI=1S/C22H21ClN2O4S/c1-3-27-18-7-5-6-14(16(18)12-24)21-15-10-13(23)8-9-17(15)25-22(30)19(29-21)11-20(26)28-4-2/h5-10,19,21H,3-4,11H2,1-2H3,(H,25,30)/t19-,21-/m1/s1. The number of ether oxygens (including phenoxy) is 3. The highest BCUT2D eigenvalue weighted by molar-refractivity contribution is 7.80. The van der Waals surface area contributed by atoms with Crippen molar-refractivity contribution in [1.82, 2.24) is 0 Å². The number of nitriles is 1. The Kier molecular flexibility index (Phi) is 7.27. The van der Waals surface area contributed by atoms with Gasteiger partial charge in [-0.2, -0.15) is 5.26 Å². The van der Waals surface area contributed by atoms with Crippen LogP contribution in [0.25, 0.3) is 0 Å². The fraction of sp³-hybridized carbons (Fsp3) is 0.318. The van der Waals surface area contributed by atoms with E-state index in [0.29, 0.717) is 44.7 Å². The van der Waals surface area contributed by atoms with Gasteiger partial charge in [0.1, 0.15) is 34.6 Å². The molecule has 1 aliphatic heterocycles. The molecule has 2 aromatic carbocycles. The van der Waals surface area contributed by atoms with Gasteiger partial charge in [0, 0.05) is 21.8 Å². The average molecular weight is 445 g/mol. The first-order valence-electron chi connectivity index (χ1n) is 9.55. The maximum Gasteiger partial charge on any atom is 0.308 e. The molecule has 6 nitrogen and oxygen atoms in total. The molecule has 0 aliphatic carbocycles. The van der Waals surface area contributed by atoms with Crippen molar-refractivity contribution in [3.8, 4) is 11.8 Å². The summed E-state index contributed by atoms with van der Waals surface area (Å²) in [5, 5.41) is 13.5. The van der Waals surface area contributed by atoms with Gasteiger partial charge < -0.3 is 19.5 Å². The summed E-state index contributed by atoms with van der Waals surface area (Å²) in [4.78, 5) is 12.5. The van der Waals surface area contributed by atoms with E-state index in [1.54, 1.807) is 43.3 Å². The topological polar surface area (TPSA) is 80.6 Å². The molecule has 0 fully saturated rings. The van der Waals surface area contributed by atoms with E-state index >= 15 is 0 Å². The molecule has 1 heterocycles. The molecule has 0 spiro atoms. The van der Waals surface area contributed by atoms with E-state index < -0.39 is 18.2 Å². The quantitative estimate of drug-likeness (QED) is 0.506. The number of rotatable bonds is 6. The van der Waals surface area contributed by atoms with E-state index in [1.807, 2.05) is 6.92 Å². The summed E-state index contributed by atoms with van der Waals surface area (Å²) in [6.45, 7) is 4.27. The van der Waals surface area contributed by atoms with Gasteiger partial charge in [-0.25, -0.2) is 0 Å². The van der Waals surface area contributed by atoms with Crippen LogP contribution >= 0.6 is 23.8 Å². The highest BCUT2D eigenvalue weighted by Crippen LogP contribution is 2.40. The first-order chi connectivity index (χ1) is 14.5. The second-order valence-electron chi connectivity index (χ2n) is 6.50. The lowest BCUT2D eigenvalue weighted by Gasteiger charge is -2.24. The molecule has 0 amide bonds. The minimum atomic E-state index is -0.738. The van der Waals surface area contributed by atoms with E-state index in [-0.39, 0.29) is 13.0 Å². The van der Waals surface area contributed by atoms with Gasteiger partial charge in [-0.3, -0.25) is 4.79 Å². The Morgan fingerprint density at radius 2 is 2.07 bits per heavy atom. The number of carbonyl (C=O) groups is 1. The van der Waals surface area contributed by atoms with Gasteiger partial charge in [0.15, 0.2) is 0 Å². The minimum absolute atomic E-state index is 0.0507. The predicted molar refractivity (Wildman–Crippen MR) is 118 cm³/mol. The number of nitrogens with one attached hydrogen (secondary N) is 1. The minimum Gasteiger partial charge on any atom is -0.492 e. The number of nitrogens with zero attached hydrogens (tertiary/aromatic N) is 1. The second-order valence-corrected chi connectivity index (χ2v) is 7.38. The number of hydrogen-bond acceptors (Lipinski definition) is 6. The molecule has 0 saturated carbocycles. The van der Waals surface area contributed by atoms with Crippen LogP contribution in [-0.2, 0) is 14.3 Å². The molecular weight excluding hydrogens is 424 g/mol. The van der Waals surface area contributed by atoms with Crippen LogP contribution in [0.15, 0.2) is 36.4 Å². The number of benzene rings is 2. The Labute approximate surface area is 185 Å². The van der Waals surface area contributed by atoms with Crippen LogP contribution in [0, 0.1) is 11.3 Å². The van der Waals surface area contributed by atoms with Gasteiger partial charge in [0.2, 0.25) is 0 Å². The molecule has 8 heteroatoms. The molecule has 0 saturated heterocycles. The van der Waals surface area contributed by atoms with Crippen molar-refractivity contribution in [3.05, 3.63) is 58.1 Å². The third kappa shape index (κ3) is 4.73. The van der Waals surface area contributed by atoms with Crippen molar-refractivity contribution in [3.63, 3.8) is 0 Å². The highest BCUT2D eigenvalue weighted by atomic mass is 35.5. The Balaban J connectivity index is 2.12. The summed E-state index contributed by atoms with van der Waals surface area (Å²) in [6.07, 6.45) is -1.48. The lowest BCUT2D eigenvalue weighted by Crippen LogP contribution is -2.31. The van der Waals surface area contributed by atoms with E-state index in [9.17, 15) is 10.1 Å². The number of esters is 1. The predicted octanol–water partition coefficient (Wildman–Crippen LogP) is 4.79. The maximum absolute atomic E-state index is 12.1. The zero-order valence-corrected chi connectivity index (χ0v) is 18.2. The Bertz CT molecular complexity index is 1010. The van der Waals surface area contributed by atoms with Crippen LogP contribution in [0.1, 0.15) is 43.1 Å². The molecule has 0 unspecified atom stereocenters. The number of carbonyl (C=O) groups excluding carboxylic acids is 1. The summed E-state index contributed by atoms with van der Waals surface area (Å²) < 4.78 is 17.0. The normalized spacial score (nSPS) is 17.9. The fourth-order valence-electron chi connectivity index (χ4n) is 3.29. The largest absolute Gasteiger partial charge is 0.492 e. The van der Waals surface area contributed by atoms with Crippen molar-refractivity contribution < 1.29 is 19.0 Å². The summed E-state index contributed by atoms with van der Waals surface area (Å²) in [5.41, 5.74) is 2.37. The Morgan fingerprint density at radius 1 is 1.27 bits per heavy atom. The summed E-state index contributed by atoms with van der Waals surface area (Å²) >= 11 is 11.7. The highest BCUT2D eigenvalue weighted by Gasteiger charge is 2.33. The van der Waals surface area contributed by atoms with Gasteiger partial charge in [0.25, 0.3) is 0 Å². The van der Waals surface area contributed by atoms with Crippen LogP contribution in [0.2, 0.25) is 5.02 Å². The van der Waals surface area contributed by atoms with Gasteiger partial charge >= 0.3 is 5.97 Å². The van der Waals surface area contributed by atoms with Crippen LogP contribution in [0.5, 0.6) is 5.75 Å².